The Bertz CT molecular complexity index is 1520. The minimum absolute atomic E-state index is 0.0259. The number of anilines is 1. The first kappa shape index (κ1) is 22.0. The fourth-order valence-electron chi connectivity index (χ4n) is 4.18. The molecule has 1 aliphatic rings. The van der Waals surface area contributed by atoms with E-state index in [0.717, 1.165) is 12.1 Å². The molecule has 1 unspecified atom stereocenters. The minimum Gasteiger partial charge on any atom is -0.503 e. The van der Waals surface area contributed by atoms with Gasteiger partial charge in [-0.25, -0.2) is 4.39 Å². The second kappa shape index (κ2) is 8.18. The third kappa shape index (κ3) is 3.31. The number of nitrogens with zero attached hydrogens (tertiary/aromatic N) is 1. The van der Waals surface area contributed by atoms with E-state index < -0.39 is 23.2 Å². The highest BCUT2D eigenvalue weighted by Gasteiger charge is 2.44. The molecule has 0 radical (unpaired) electrons. The molecule has 1 atom stereocenters. The molecule has 1 aromatic heterocycles. The van der Waals surface area contributed by atoms with Crippen LogP contribution in [0.5, 0.6) is 17.2 Å². The number of hydrogen-bond donors (Lipinski definition) is 1. The van der Waals surface area contributed by atoms with Crippen molar-refractivity contribution in [3.05, 3.63) is 92.0 Å². The Hall–Kier alpha value is -3.85. The Labute approximate surface area is 201 Å². The number of ether oxygens (including phenoxy) is 2. The number of carbonyl (C=O) groups excluding carboxylic acids is 1. The molecule has 1 amide bonds. The maximum absolute atomic E-state index is 14.0. The van der Waals surface area contributed by atoms with Crippen molar-refractivity contribution < 1.29 is 28.2 Å². The summed E-state index contributed by atoms with van der Waals surface area (Å²) in [7, 11) is 2.92. The Morgan fingerprint density at radius 3 is 2.44 bits per heavy atom. The predicted octanol–water partition coefficient (Wildman–Crippen LogP) is 5.17. The lowest BCUT2D eigenvalue weighted by Crippen LogP contribution is -2.29. The molecule has 9 heteroatoms. The lowest BCUT2D eigenvalue weighted by molar-refractivity contribution is 0.0971. The molecule has 1 aliphatic heterocycles. The molecule has 0 aliphatic carbocycles. The molecule has 0 saturated heterocycles. The summed E-state index contributed by atoms with van der Waals surface area (Å²) in [5.74, 6) is -0.643. The number of carbonyl (C=O) groups is 1. The molecule has 5 rings (SSSR count). The summed E-state index contributed by atoms with van der Waals surface area (Å²) in [4.78, 5) is 28.6. The van der Waals surface area contributed by atoms with Gasteiger partial charge >= 0.3 is 0 Å². The average Bonchev–Trinajstić information content (AvgIpc) is 3.13. The van der Waals surface area contributed by atoms with Gasteiger partial charge in [0.05, 0.1) is 35.7 Å². The van der Waals surface area contributed by atoms with Gasteiger partial charge in [-0.15, -0.1) is 0 Å². The molecule has 0 fully saturated rings. The molecule has 2 heterocycles. The summed E-state index contributed by atoms with van der Waals surface area (Å²) >= 11 is 3.30. The molecular formula is C25H17BrFNO6. The highest BCUT2D eigenvalue weighted by Crippen LogP contribution is 2.45. The van der Waals surface area contributed by atoms with Gasteiger partial charge in [-0.2, -0.15) is 0 Å². The second-order valence-electron chi connectivity index (χ2n) is 7.64. The standard InChI is InChI=1S/C25H17BrFNO6/c1-32-15-6-4-14(5-7-15)28-21(12-9-17(26)23(30)19(10-12)33-2)20-22(29)16-11-13(27)3-8-18(16)34-24(20)25(28)31/h3-11,21,30H,1-2H3. The lowest BCUT2D eigenvalue weighted by Gasteiger charge is -2.26. The number of phenolic OH excluding ortho intramolecular Hbond substituents is 1. The zero-order chi connectivity index (χ0) is 24.1. The Balaban J connectivity index is 1.82. The van der Waals surface area contributed by atoms with E-state index in [9.17, 15) is 19.1 Å². The largest absolute Gasteiger partial charge is 0.503 e. The van der Waals surface area contributed by atoms with E-state index in [0.29, 0.717) is 21.5 Å². The van der Waals surface area contributed by atoms with Crippen LogP contribution in [-0.2, 0) is 0 Å². The van der Waals surface area contributed by atoms with E-state index >= 15 is 0 Å². The average molecular weight is 526 g/mol. The van der Waals surface area contributed by atoms with Crippen molar-refractivity contribution in [2.75, 3.05) is 19.1 Å². The number of methoxy groups -OCH3 is 2. The Morgan fingerprint density at radius 2 is 1.76 bits per heavy atom. The lowest BCUT2D eigenvalue weighted by atomic mass is 9.97. The molecule has 3 aromatic carbocycles. The van der Waals surface area contributed by atoms with Crippen molar-refractivity contribution in [2.45, 2.75) is 6.04 Å². The summed E-state index contributed by atoms with van der Waals surface area (Å²) in [5.41, 5.74) is 0.623. The zero-order valence-electron chi connectivity index (χ0n) is 18.0. The molecular weight excluding hydrogens is 509 g/mol. The number of benzene rings is 3. The summed E-state index contributed by atoms with van der Waals surface area (Å²) in [6, 6.07) is 12.5. The third-order valence-electron chi connectivity index (χ3n) is 5.77. The zero-order valence-corrected chi connectivity index (χ0v) is 19.6. The van der Waals surface area contributed by atoms with Crippen LogP contribution in [0.15, 0.2) is 68.3 Å². The van der Waals surface area contributed by atoms with Crippen molar-refractivity contribution in [3.63, 3.8) is 0 Å². The molecule has 0 spiro atoms. The van der Waals surface area contributed by atoms with Gasteiger partial charge in [0.1, 0.15) is 17.1 Å². The van der Waals surface area contributed by atoms with Crippen molar-refractivity contribution in [1.82, 2.24) is 0 Å². The van der Waals surface area contributed by atoms with Gasteiger partial charge < -0.3 is 19.0 Å². The van der Waals surface area contributed by atoms with Gasteiger partial charge in [0.15, 0.2) is 16.9 Å². The van der Waals surface area contributed by atoms with E-state index in [4.69, 9.17) is 13.9 Å². The van der Waals surface area contributed by atoms with Gasteiger partial charge in [0.2, 0.25) is 5.76 Å². The molecule has 0 saturated carbocycles. The quantitative estimate of drug-likeness (QED) is 0.395. The molecule has 1 N–H and O–H groups in total. The Kier molecular flexibility index (Phi) is 5.28. The molecule has 34 heavy (non-hydrogen) atoms. The normalized spacial score (nSPS) is 15.0. The van der Waals surface area contributed by atoms with Gasteiger partial charge in [-0.05, 0) is 76.1 Å². The van der Waals surface area contributed by atoms with Crippen LogP contribution in [-0.4, -0.2) is 25.2 Å². The molecule has 7 nitrogen and oxygen atoms in total. The van der Waals surface area contributed by atoms with E-state index in [2.05, 4.69) is 15.9 Å². The molecule has 172 valence electrons. The van der Waals surface area contributed by atoms with Crippen molar-refractivity contribution >= 4 is 38.5 Å². The van der Waals surface area contributed by atoms with Crippen molar-refractivity contribution in [3.8, 4) is 17.2 Å². The summed E-state index contributed by atoms with van der Waals surface area (Å²) < 4.78 is 30.6. The first-order valence-electron chi connectivity index (χ1n) is 10.1. The first-order chi connectivity index (χ1) is 16.3. The fraction of sp³-hybridized carbons (Fsp3) is 0.120. The van der Waals surface area contributed by atoms with Crippen molar-refractivity contribution in [2.24, 2.45) is 0 Å². The van der Waals surface area contributed by atoms with Gasteiger partial charge in [-0.3, -0.25) is 14.5 Å². The number of hydrogen-bond acceptors (Lipinski definition) is 6. The second-order valence-corrected chi connectivity index (χ2v) is 8.50. The highest BCUT2D eigenvalue weighted by atomic mass is 79.9. The topological polar surface area (TPSA) is 89.2 Å². The first-order valence-corrected chi connectivity index (χ1v) is 10.9. The van der Waals surface area contributed by atoms with Crippen LogP contribution in [0.2, 0.25) is 0 Å². The van der Waals surface area contributed by atoms with Crippen LogP contribution in [0.3, 0.4) is 0 Å². The Morgan fingerprint density at radius 1 is 1.03 bits per heavy atom. The maximum atomic E-state index is 14.0. The van der Waals surface area contributed by atoms with E-state index in [1.807, 2.05) is 0 Å². The van der Waals surface area contributed by atoms with Crippen LogP contribution in [0.25, 0.3) is 11.0 Å². The summed E-state index contributed by atoms with van der Waals surface area (Å²) in [6.07, 6.45) is 0. The van der Waals surface area contributed by atoms with E-state index in [1.165, 1.54) is 25.2 Å². The number of aromatic hydroxyl groups is 1. The van der Waals surface area contributed by atoms with E-state index in [1.54, 1.807) is 36.4 Å². The predicted molar refractivity (Wildman–Crippen MR) is 126 cm³/mol. The summed E-state index contributed by atoms with van der Waals surface area (Å²) in [6.45, 7) is 0. The number of phenols is 1. The number of halogens is 2. The van der Waals surface area contributed by atoms with Crippen LogP contribution < -0.4 is 19.8 Å². The fourth-order valence-corrected chi connectivity index (χ4v) is 4.64. The number of fused-ring (bicyclic) bond motifs is 2. The molecule has 0 bridgehead atoms. The smallest absolute Gasteiger partial charge is 0.295 e. The maximum Gasteiger partial charge on any atom is 0.295 e. The summed E-state index contributed by atoms with van der Waals surface area (Å²) in [5, 5.41) is 10.3. The highest BCUT2D eigenvalue weighted by molar-refractivity contribution is 9.10. The SMILES string of the molecule is COc1ccc(N2C(=O)c3oc4ccc(F)cc4c(=O)c3C2c2cc(Br)c(O)c(OC)c2)cc1. The van der Waals surface area contributed by atoms with E-state index in [-0.39, 0.29) is 33.8 Å². The van der Waals surface area contributed by atoms with Gasteiger partial charge in [0.25, 0.3) is 5.91 Å². The van der Waals surface area contributed by atoms with Crippen LogP contribution in [0, 0.1) is 5.82 Å². The van der Waals surface area contributed by atoms with Gasteiger partial charge in [-0.1, -0.05) is 0 Å². The molecule has 4 aromatic rings. The van der Waals surface area contributed by atoms with Crippen LogP contribution in [0.1, 0.15) is 27.7 Å². The van der Waals surface area contributed by atoms with Crippen LogP contribution in [0.4, 0.5) is 10.1 Å². The monoisotopic (exact) mass is 525 g/mol. The third-order valence-corrected chi connectivity index (χ3v) is 6.37. The number of rotatable bonds is 4. The number of amides is 1. The minimum atomic E-state index is -0.925. The van der Waals surface area contributed by atoms with Crippen molar-refractivity contribution in [1.29, 1.82) is 0 Å². The van der Waals surface area contributed by atoms with Crippen LogP contribution >= 0.6 is 15.9 Å². The van der Waals surface area contributed by atoms with Gasteiger partial charge in [0, 0.05) is 5.69 Å².